The number of fused-ring (bicyclic) bond motifs is 3. The number of rotatable bonds is 4. The monoisotopic (exact) mass is 475 g/mol. The van der Waals surface area contributed by atoms with Crippen molar-refractivity contribution in [2.45, 2.75) is 13.5 Å². The SMILES string of the molecule is CCn1c2ccccc2c2cc(C=Nn3c(-c4ccccc4Br)n[nH]c3=S)ccc21. The van der Waals surface area contributed by atoms with Crippen LogP contribution in [0.1, 0.15) is 12.5 Å². The predicted octanol–water partition coefficient (Wildman–Crippen LogP) is 6.38. The second-order valence-electron chi connectivity index (χ2n) is 6.93. The fourth-order valence-corrected chi connectivity index (χ4v) is 4.47. The van der Waals surface area contributed by atoms with Crippen molar-refractivity contribution in [3.05, 3.63) is 81.5 Å². The number of nitrogens with one attached hydrogen (secondary N) is 1. The summed E-state index contributed by atoms with van der Waals surface area (Å²) in [6.45, 7) is 3.10. The van der Waals surface area contributed by atoms with Gasteiger partial charge in [0.2, 0.25) is 4.77 Å². The molecule has 0 saturated carbocycles. The standard InChI is InChI=1S/C23H18BrN5S/c1-2-28-20-10-6-4-7-16(20)18-13-15(11-12-21(18)28)14-25-29-22(26-27-23(29)30)17-8-3-5-9-19(17)24/h3-14H,2H2,1H3,(H,27,30). The maximum Gasteiger partial charge on any atom is 0.216 e. The summed E-state index contributed by atoms with van der Waals surface area (Å²) in [5.74, 6) is 0.660. The fraction of sp³-hybridized carbons (Fsp3) is 0.0870. The molecular weight excluding hydrogens is 458 g/mol. The van der Waals surface area contributed by atoms with Crippen molar-refractivity contribution >= 4 is 56.2 Å². The van der Waals surface area contributed by atoms with Crippen LogP contribution >= 0.6 is 28.1 Å². The number of aromatic amines is 1. The normalized spacial score (nSPS) is 11.8. The highest BCUT2D eigenvalue weighted by Crippen LogP contribution is 2.30. The van der Waals surface area contributed by atoms with Gasteiger partial charge in [0.25, 0.3) is 0 Å². The zero-order valence-corrected chi connectivity index (χ0v) is 18.6. The van der Waals surface area contributed by atoms with Gasteiger partial charge in [0, 0.05) is 38.4 Å². The van der Waals surface area contributed by atoms with Gasteiger partial charge < -0.3 is 4.57 Å². The van der Waals surface area contributed by atoms with Crippen molar-refractivity contribution in [2.24, 2.45) is 5.10 Å². The number of benzene rings is 3. The van der Waals surface area contributed by atoms with Crippen molar-refractivity contribution in [2.75, 3.05) is 0 Å². The van der Waals surface area contributed by atoms with Crippen molar-refractivity contribution in [3.63, 3.8) is 0 Å². The van der Waals surface area contributed by atoms with Gasteiger partial charge in [-0.15, -0.1) is 0 Å². The van der Waals surface area contributed by atoms with Gasteiger partial charge in [-0.1, -0.05) is 52.3 Å². The molecule has 0 aliphatic heterocycles. The Hall–Kier alpha value is -3.03. The smallest absolute Gasteiger partial charge is 0.216 e. The molecule has 0 spiro atoms. The summed E-state index contributed by atoms with van der Waals surface area (Å²) in [6.07, 6.45) is 1.82. The lowest BCUT2D eigenvalue weighted by Crippen LogP contribution is -1.96. The second kappa shape index (κ2) is 7.66. The Bertz CT molecular complexity index is 1470. The van der Waals surface area contributed by atoms with Gasteiger partial charge in [-0.2, -0.15) is 14.9 Å². The van der Waals surface area contributed by atoms with E-state index in [2.05, 4.69) is 85.2 Å². The first-order valence-electron chi connectivity index (χ1n) is 9.65. The number of hydrogen-bond acceptors (Lipinski definition) is 3. The van der Waals surface area contributed by atoms with E-state index in [1.54, 1.807) is 4.68 Å². The predicted molar refractivity (Wildman–Crippen MR) is 129 cm³/mol. The number of aromatic nitrogens is 4. The third-order valence-electron chi connectivity index (χ3n) is 5.20. The van der Waals surface area contributed by atoms with Crippen molar-refractivity contribution in [3.8, 4) is 11.4 Å². The maximum atomic E-state index is 5.40. The largest absolute Gasteiger partial charge is 0.341 e. The van der Waals surface area contributed by atoms with Crippen LogP contribution < -0.4 is 0 Å². The van der Waals surface area contributed by atoms with Gasteiger partial charge in [0.15, 0.2) is 5.82 Å². The highest BCUT2D eigenvalue weighted by molar-refractivity contribution is 9.10. The maximum absolute atomic E-state index is 5.40. The molecule has 5 nitrogen and oxygen atoms in total. The third kappa shape index (κ3) is 3.11. The quantitative estimate of drug-likeness (QED) is 0.242. The van der Waals surface area contributed by atoms with Crippen molar-refractivity contribution in [1.29, 1.82) is 0 Å². The molecule has 2 aromatic heterocycles. The van der Waals surface area contributed by atoms with Crippen molar-refractivity contribution < 1.29 is 0 Å². The van der Waals surface area contributed by atoms with E-state index >= 15 is 0 Å². The molecule has 2 heterocycles. The summed E-state index contributed by atoms with van der Waals surface area (Å²) in [7, 11) is 0. The molecule has 3 aromatic carbocycles. The van der Waals surface area contributed by atoms with E-state index in [9.17, 15) is 0 Å². The molecule has 0 aliphatic rings. The van der Waals surface area contributed by atoms with Gasteiger partial charge in [-0.25, -0.2) is 5.10 Å². The second-order valence-corrected chi connectivity index (χ2v) is 8.17. The van der Waals surface area contributed by atoms with Gasteiger partial charge in [0.1, 0.15) is 0 Å². The summed E-state index contributed by atoms with van der Waals surface area (Å²) in [5, 5.41) is 14.3. The van der Waals surface area contributed by atoms with Crippen LogP contribution in [0.5, 0.6) is 0 Å². The highest BCUT2D eigenvalue weighted by atomic mass is 79.9. The van der Waals surface area contributed by atoms with Gasteiger partial charge in [-0.3, -0.25) is 0 Å². The molecule has 0 amide bonds. The molecule has 0 fully saturated rings. The van der Waals surface area contributed by atoms with Crippen LogP contribution in [-0.4, -0.2) is 25.7 Å². The zero-order chi connectivity index (χ0) is 20.7. The number of nitrogens with zero attached hydrogens (tertiary/aromatic N) is 4. The topological polar surface area (TPSA) is 50.9 Å². The minimum atomic E-state index is 0.445. The first-order valence-corrected chi connectivity index (χ1v) is 10.8. The van der Waals surface area contributed by atoms with Crippen LogP contribution in [0.2, 0.25) is 0 Å². The minimum Gasteiger partial charge on any atom is -0.341 e. The van der Waals surface area contributed by atoms with Crippen LogP contribution in [0.15, 0.2) is 76.3 Å². The van der Waals surface area contributed by atoms with Gasteiger partial charge in [0.05, 0.1) is 6.21 Å². The molecule has 0 radical (unpaired) electrons. The lowest BCUT2D eigenvalue weighted by molar-refractivity contribution is 0.827. The number of hydrogen-bond donors (Lipinski definition) is 1. The Balaban J connectivity index is 1.61. The van der Waals surface area contributed by atoms with Crippen LogP contribution in [0, 0.1) is 4.77 Å². The molecule has 0 atom stereocenters. The lowest BCUT2D eigenvalue weighted by Gasteiger charge is -2.04. The van der Waals surface area contributed by atoms with Crippen LogP contribution in [-0.2, 0) is 6.54 Å². The molecule has 148 valence electrons. The first kappa shape index (κ1) is 19.0. The molecule has 0 bridgehead atoms. The van der Waals surface area contributed by atoms with E-state index in [4.69, 9.17) is 12.2 Å². The summed E-state index contributed by atoms with van der Waals surface area (Å²) >= 11 is 8.98. The Morgan fingerprint density at radius 2 is 1.80 bits per heavy atom. The molecular formula is C23H18BrN5S. The molecule has 0 unspecified atom stereocenters. The highest BCUT2D eigenvalue weighted by Gasteiger charge is 2.12. The van der Waals surface area contributed by atoms with E-state index < -0.39 is 0 Å². The number of para-hydroxylation sites is 1. The average Bonchev–Trinajstić information content (AvgIpc) is 3.29. The number of H-pyrrole nitrogens is 1. The molecule has 0 aliphatic carbocycles. The molecule has 30 heavy (non-hydrogen) atoms. The number of aryl methyl sites for hydroxylation is 1. The van der Waals surface area contributed by atoms with Gasteiger partial charge in [-0.05, 0) is 55.0 Å². The Morgan fingerprint density at radius 1 is 1.03 bits per heavy atom. The van der Waals surface area contributed by atoms with E-state index in [0.717, 1.165) is 22.1 Å². The molecule has 1 N–H and O–H groups in total. The van der Waals surface area contributed by atoms with E-state index in [1.807, 2.05) is 30.5 Å². The van der Waals surface area contributed by atoms with Crippen LogP contribution in [0.4, 0.5) is 0 Å². The van der Waals surface area contributed by atoms with Crippen LogP contribution in [0.3, 0.4) is 0 Å². The van der Waals surface area contributed by atoms with Crippen molar-refractivity contribution in [1.82, 2.24) is 19.4 Å². The molecule has 5 aromatic rings. The third-order valence-corrected chi connectivity index (χ3v) is 6.16. The fourth-order valence-electron chi connectivity index (χ4n) is 3.83. The van der Waals surface area contributed by atoms with Gasteiger partial charge >= 0.3 is 0 Å². The number of halogens is 1. The average molecular weight is 476 g/mol. The summed E-state index contributed by atoms with van der Waals surface area (Å²) in [5.41, 5.74) is 4.40. The lowest BCUT2D eigenvalue weighted by atomic mass is 10.1. The Kier molecular flexibility index (Phi) is 4.84. The summed E-state index contributed by atoms with van der Waals surface area (Å²) in [6, 6.07) is 22.8. The minimum absolute atomic E-state index is 0.445. The van der Waals surface area contributed by atoms with Crippen LogP contribution in [0.25, 0.3) is 33.2 Å². The van der Waals surface area contributed by atoms with E-state index in [1.165, 1.54) is 21.8 Å². The zero-order valence-electron chi connectivity index (χ0n) is 16.2. The molecule has 5 rings (SSSR count). The summed E-state index contributed by atoms with van der Waals surface area (Å²) in [4.78, 5) is 0. The molecule has 0 saturated heterocycles. The van der Waals surface area contributed by atoms with E-state index in [0.29, 0.717) is 10.6 Å². The first-order chi connectivity index (χ1) is 14.7. The summed E-state index contributed by atoms with van der Waals surface area (Å²) < 4.78 is 5.36. The molecule has 7 heteroatoms. The van der Waals surface area contributed by atoms with E-state index in [-0.39, 0.29) is 0 Å². The Labute approximate surface area is 186 Å². The Morgan fingerprint density at radius 3 is 2.63 bits per heavy atom.